The SMILES string of the molecule is CC(C)(OC(=O)C1C2CCC(C2)C1C(F)(F)F)C(F)(F)F. The van der Waals surface area contributed by atoms with Crippen LogP contribution in [-0.2, 0) is 9.53 Å². The summed E-state index contributed by atoms with van der Waals surface area (Å²) in [5, 5.41) is 0. The predicted molar refractivity (Wildman–Crippen MR) is 60.1 cm³/mol. The van der Waals surface area contributed by atoms with Gasteiger partial charge in [0.15, 0.2) is 0 Å². The van der Waals surface area contributed by atoms with Crippen molar-refractivity contribution in [2.24, 2.45) is 23.7 Å². The first-order chi connectivity index (χ1) is 9.34. The van der Waals surface area contributed by atoms with Gasteiger partial charge in [-0.1, -0.05) is 0 Å². The molecule has 2 aliphatic rings. The number of fused-ring (bicyclic) bond motifs is 2. The lowest BCUT2D eigenvalue weighted by atomic mass is 9.78. The molecule has 0 saturated heterocycles. The average molecular weight is 318 g/mol. The van der Waals surface area contributed by atoms with Crippen LogP contribution in [0.15, 0.2) is 0 Å². The molecular weight excluding hydrogens is 302 g/mol. The van der Waals surface area contributed by atoms with Crippen LogP contribution in [0, 0.1) is 23.7 Å². The van der Waals surface area contributed by atoms with Crippen molar-refractivity contribution in [3.05, 3.63) is 0 Å². The third-order valence-corrected chi connectivity index (χ3v) is 4.60. The van der Waals surface area contributed by atoms with Gasteiger partial charge in [-0.05, 0) is 44.9 Å². The zero-order valence-electron chi connectivity index (χ0n) is 11.5. The quantitative estimate of drug-likeness (QED) is 0.566. The Morgan fingerprint density at radius 3 is 2.00 bits per heavy atom. The molecule has 0 radical (unpaired) electrons. The molecule has 2 fully saturated rings. The lowest BCUT2D eigenvalue weighted by molar-refractivity contribution is -0.264. The monoisotopic (exact) mass is 318 g/mol. The van der Waals surface area contributed by atoms with Gasteiger partial charge in [0.05, 0.1) is 11.8 Å². The van der Waals surface area contributed by atoms with Crippen molar-refractivity contribution in [1.82, 2.24) is 0 Å². The Morgan fingerprint density at radius 2 is 1.52 bits per heavy atom. The minimum atomic E-state index is -4.83. The fourth-order valence-corrected chi connectivity index (χ4v) is 3.48. The molecule has 0 aliphatic heterocycles. The maximum absolute atomic E-state index is 13.1. The van der Waals surface area contributed by atoms with E-state index in [-0.39, 0.29) is 6.42 Å². The lowest BCUT2D eigenvalue weighted by Crippen LogP contribution is -2.47. The summed E-state index contributed by atoms with van der Waals surface area (Å²) >= 11 is 0. The van der Waals surface area contributed by atoms with Crippen LogP contribution in [0.5, 0.6) is 0 Å². The van der Waals surface area contributed by atoms with Gasteiger partial charge >= 0.3 is 18.3 Å². The van der Waals surface area contributed by atoms with Gasteiger partial charge in [0, 0.05) is 0 Å². The highest BCUT2D eigenvalue weighted by Crippen LogP contribution is 2.58. The Labute approximate surface area is 117 Å². The van der Waals surface area contributed by atoms with E-state index < -0.39 is 47.6 Å². The van der Waals surface area contributed by atoms with Crippen molar-refractivity contribution < 1.29 is 35.9 Å². The number of alkyl halides is 6. The number of esters is 1. The van der Waals surface area contributed by atoms with E-state index in [2.05, 4.69) is 4.74 Å². The highest BCUT2D eigenvalue weighted by Gasteiger charge is 2.63. The Balaban J connectivity index is 2.18. The molecule has 0 aromatic rings. The smallest absolute Gasteiger partial charge is 0.427 e. The molecule has 0 N–H and O–H groups in total. The number of hydrogen-bond acceptors (Lipinski definition) is 2. The van der Waals surface area contributed by atoms with E-state index in [1.54, 1.807) is 0 Å². The first kappa shape index (κ1) is 16.4. The number of halogens is 6. The molecule has 2 saturated carbocycles. The van der Waals surface area contributed by atoms with Gasteiger partial charge in [0.25, 0.3) is 0 Å². The summed E-state index contributed by atoms with van der Waals surface area (Å²) in [5.74, 6) is -5.98. The van der Waals surface area contributed by atoms with Crippen molar-refractivity contribution >= 4 is 5.97 Å². The fraction of sp³-hybridized carbons (Fsp3) is 0.923. The second-order valence-corrected chi connectivity index (χ2v) is 6.36. The fourth-order valence-electron chi connectivity index (χ4n) is 3.48. The van der Waals surface area contributed by atoms with Crippen molar-refractivity contribution in [2.45, 2.75) is 51.1 Å². The van der Waals surface area contributed by atoms with Gasteiger partial charge in [-0.2, -0.15) is 26.3 Å². The van der Waals surface area contributed by atoms with Crippen LogP contribution in [0.1, 0.15) is 33.1 Å². The van der Waals surface area contributed by atoms with Gasteiger partial charge in [-0.15, -0.1) is 0 Å². The Hall–Kier alpha value is -0.950. The van der Waals surface area contributed by atoms with Gasteiger partial charge in [0.2, 0.25) is 5.60 Å². The van der Waals surface area contributed by atoms with E-state index >= 15 is 0 Å². The minimum absolute atomic E-state index is 0.233. The van der Waals surface area contributed by atoms with E-state index in [4.69, 9.17) is 0 Å². The molecule has 2 aliphatic carbocycles. The zero-order valence-corrected chi connectivity index (χ0v) is 11.5. The lowest BCUT2D eigenvalue weighted by Gasteiger charge is -2.34. The van der Waals surface area contributed by atoms with Crippen LogP contribution >= 0.6 is 0 Å². The number of ether oxygens (including phenoxy) is 1. The summed E-state index contributed by atoms with van der Waals surface area (Å²) in [5.41, 5.74) is -2.79. The standard InChI is InChI=1S/C13H16F6O2/c1-11(2,13(17,18)19)21-10(20)8-6-3-4-7(5-6)9(8)12(14,15)16/h6-9H,3-5H2,1-2H3. The normalized spacial score (nSPS) is 33.3. The Kier molecular flexibility index (Phi) is 3.73. The molecule has 0 amide bonds. The summed E-state index contributed by atoms with van der Waals surface area (Å²) in [7, 11) is 0. The topological polar surface area (TPSA) is 26.3 Å². The highest BCUT2D eigenvalue weighted by atomic mass is 19.4. The number of carbonyl (C=O) groups excluding carboxylic acids is 1. The summed E-state index contributed by atoms with van der Waals surface area (Å²) in [6.07, 6.45) is -8.39. The van der Waals surface area contributed by atoms with Crippen LogP contribution in [0.2, 0.25) is 0 Å². The molecule has 2 bridgehead atoms. The molecule has 4 unspecified atom stereocenters. The molecule has 21 heavy (non-hydrogen) atoms. The molecular formula is C13H16F6O2. The van der Waals surface area contributed by atoms with Crippen molar-refractivity contribution in [3.8, 4) is 0 Å². The van der Waals surface area contributed by atoms with E-state index in [0.29, 0.717) is 26.7 Å². The largest absolute Gasteiger partial charge is 0.450 e. The molecule has 0 heterocycles. The predicted octanol–water partition coefficient (Wildman–Crippen LogP) is 4.10. The number of rotatable bonds is 2. The highest BCUT2D eigenvalue weighted by molar-refractivity contribution is 5.74. The van der Waals surface area contributed by atoms with Gasteiger partial charge in [-0.25, -0.2) is 0 Å². The Bertz CT molecular complexity index is 425. The van der Waals surface area contributed by atoms with E-state index in [1.165, 1.54) is 0 Å². The van der Waals surface area contributed by atoms with Crippen LogP contribution in [0.4, 0.5) is 26.3 Å². The van der Waals surface area contributed by atoms with Crippen LogP contribution in [0.3, 0.4) is 0 Å². The van der Waals surface area contributed by atoms with Crippen LogP contribution < -0.4 is 0 Å². The molecule has 0 aromatic carbocycles. The molecule has 2 nitrogen and oxygen atoms in total. The molecule has 8 heteroatoms. The maximum atomic E-state index is 13.1. The second kappa shape index (κ2) is 4.78. The van der Waals surface area contributed by atoms with Crippen molar-refractivity contribution in [3.63, 3.8) is 0 Å². The van der Waals surface area contributed by atoms with E-state index in [0.717, 1.165) is 0 Å². The second-order valence-electron chi connectivity index (χ2n) is 6.36. The molecule has 0 spiro atoms. The van der Waals surface area contributed by atoms with Crippen LogP contribution in [-0.4, -0.2) is 23.9 Å². The van der Waals surface area contributed by atoms with E-state index in [9.17, 15) is 31.1 Å². The molecule has 4 atom stereocenters. The number of carbonyl (C=O) groups is 1. The number of hydrogen-bond donors (Lipinski definition) is 0. The first-order valence-electron chi connectivity index (χ1n) is 6.71. The molecule has 122 valence electrons. The van der Waals surface area contributed by atoms with E-state index in [1.807, 2.05) is 0 Å². The molecule has 0 aromatic heterocycles. The minimum Gasteiger partial charge on any atom is -0.450 e. The first-order valence-corrected chi connectivity index (χ1v) is 6.71. The summed E-state index contributed by atoms with van der Waals surface area (Å²) in [4.78, 5) is 11.9. The third kappa shape index (κ3) is 2.85. The maximum Gasteiger partial charge on any atom is 0.427 e. The Morgan fingerprint density at radius 1 is 1.00 bits per heavy atom. The van der Waals surface area contributed by atoms with Crippen molar-refractivity contribution in [1.29, 1.82) is 0 Å². The van der Waals surface area contributed by atoms with Gasteiger partial charge in [0.1, 0.15) is 0 Å². The zero-order chi connectivity index (χ0) is 16.2. The van der Waals surface area contributed by atoms with Gasteiger partial charge in [-0.3, -0.25) is 4.79 Å². The van der Waals surface area contributed by atoms with Gasteiger partial charge < -0.3 is 4.74 Å². The molecule has 2 rings (SSSR count). The third-order valence-electron chi connectivity index (χ3n) is 4.60. The average Bonchev–Trinajstić information content (AvgIpc) is 2.84. The summed E-state index contributed by atoms with van der Waals surface area (Å²) < 4.78 is 81.7. The summed E-state index contributed by atoms with van der Waals surface area (Å²) in [6.45, 7) is 1.28. The van der Waals surface area contributed by atoms with Crippen molar-refractivity contribution in [2.75, 3.05) is 0 Å². The van der Waals surface area contributed by atoms with Crippen LogP contribution in [0.25, 0.3) is 0 Å². The summed E-state index contributed by atoms with van der Waals surface area (Å²) in [6, 6.07) is 0.